The molecule has 2 N–H and O–H groups in total. The lowest BCUT2D eigenvalue weighted by Crippen LogP contribution is -2.35. The summed E-state index contributed by atoms with van der Waals surface area (Å²) in [6.45, 7) is 4.11. The zero-order valence-corrected chi connectivity index (χ0v) is 23.6. The normalized spacial score (nSPS) is 14.9. The summed E-state index contributed by atoms with van der Waals surface area (Å²) >= 11 is 1.19. The van der Waals surface area contributed by atoms with Crippen LogP contribution in [0.1, 0.15) is 15.2 Å². The van der Waals surface area contributed by atoms with Gasteiger partial charge in [0.05, 0.1) is 30.0 Å². The fourth-order valence-corrected chi connectivity index (χ4v) is 6.05. The molecule has 4 heterocycles. The number of benzene rings is 3. The summed E-state index contributed by atoms with van der Waals surface area (Å²) < 4.78 is 24.4. The molecule has 12 heteroatoms. The predicted octanol–water partition coefficient (Wildman–Crippen LogP) is 6.39. The number of urea groups is 1. The Bertz CT molecular complexity index is 1810. The van der Waals surface area contributed by atoms with E-state index in [-0.39, 0.29) is 11.7 Å². The second-order valence-electron chi connectivity index (χ2n) is 10.0. The third-order valence-electron chi connectivity index (χ3n) is 7.19. The number of aromatic nitrogens is 2. The molecule has 43 heavy (non-hydrogen) atoms. The van der Waals surface area contributed by atoms with Crippen LogP contribution in [-0.4, -0.2) is 53.1 Å². The largest absolute Gasteiger partial charge is 0.457 e. The van der Waals surface area contributed by atoms with Crippen molar-refractivity contribution >= 4 is 56.4 Å². The van der Waals surface area contributed by atoms with Crippen LogP contribution in [0.15, 0.2) is 79.1 Å². The van der Waals surface area contributed by atoms with Crippen molar-refractivity contribution in [3.63, 3.8) is 0 Å². The monoisotopic (exact) mass is 596 g/mol. The van der Waals surface area contributed by atoms with Gasteiger partial charge < -0.3 is 20.1 Å². The zero-order valence-electron chi connectivity index (χ0n) is 22.7. The van der Waals surface area contributed by atoms with Crippen LogP contribution >= 0.6 is 11.3 Å². The van der Waals surface area contributed by atoms with Crippen LogP contribution in [0.3, 0.4) is 0 Å². The second kappa shape index (κ2) is 11.4. The SMILES string of the molecule is O=C(Nc1ccc(CN2CCOCC2)cc1)c1sc2ncnc3c2c1NC(=O)N3c1ccc(Oc2ccc(F)cc2)cc1. The van der Waals surface area contributed by atoms with E-state index in [1.54, 1.807) is 24.3 Å². The number of hydrogen-bond donors (Lipinski definition) is 2. The standard InChI is InChI=1S/C31H25FN6O4S/c32-20-3-9-23(10-4-20)42-24-11-7-22(8-12-24)38-28-25-26(36-31(38)40)27(43-30(25)34-18-33-28)29(39)35-21-5-1-19(2-6-21)17-37-13-15-41-16-14-37/h1-12,18H,13-17H2,(H,35,39)(H,36,40). The van der Waals surface area contributed by atoms with E-state index in [9.17, 15) is 14.0 Å². The lowest BCUT2D eigenvalue weighted by molar-refractivity contribution is 0.0342. The van der Waals surface area contributed by atoms with Crippen molar-refractivity contribution in [3.8, 4) is 11.5 Å². The molecule has 1 fully saturated rings. The number of thiophene rings is 1. The zero-order chi connectivity index (χ0) is 29.3. The van der Waals surface area contributed by atoms with E-state index < -0.39 is 6.03 Å². The summed E-state index contributed by atoms with van der Waals surface area (Å²) in [6, 6.07) is 19.9. The van der Waals surface area contributed by atoms with Crippen molar-refractivity contribution < 1.29 is 23.5 Å². The predicted molar refractivity (Wildman–Crippen MR) is 162 cm³/mol. The first-order valence-electron chi connectivity index (χ1n) is 13.6. The van der Waals surface area contributed by atoms with Crippen molar-refractivity contribution in [1.29, 1.82) is 0 Å². The molecule has 2 aliphatic heterocycles. The van der Waals surface area contributed by atoms with Crippen LogP contribution < -0.4 is 20.3 Å². The number of nitrogens with one attached hydrogen (secondary N) is 2. The maximum atomic E-state index is 13.4. The molecule has 0 bridgehead atoms. The molecule has 1 saturated heterocycles. The first-order valence-corrected chi connectivity index (χ1v) is 14.5. The Morgan fingerprint density at radius 2 is 1.67 bits per heavy atom. The van der Waals surface area contributed by atoms with E-state index in [4.69, 9.17) is 9.47 Å². The van der Waals surface area contributed by atoms with E-state index in [0.29, 0.717) is 49.5 Å². The first kappa shape index (κ1) is 27.0. The summed E-state index contributed by atoms with van der Waals surface area (Å²) in [7, 11) is 0. The highest BCUT2D eigenvalue weighted by molar-refractivity contribution is 7.21. The number of morpholine rings is 1. The minimum atomic E-state index is -0.459. The van der Waals surface area contributed by atoms with E-state index in [1.165, 1.54) is 46.8 Å². The Labute approximate surface area is 249 Å². The van der Waals surface area contributed by atoms with Crippen molar-refractivity contribution in [2.75, 3.05) is 41.8 Å². The van der Waals surface area contributed by atoms with E-state index >= 15 is 0 Å². The molecule has 0 radical (unpaired) electrons. The fraction of sp³-hybridized carbons (Fsp3) is 0.161. The Morgan fingerprint density at radius 3 is 2.40 bits per heavy atom. The minimum absolute atomic E-state index is 0.338. The molecule has 0 saturated carbocycles. The van der Waals surface area contributed by atoms with Crippen LogP contribution in [0.25, 0.3) is 10.2 Å². The quantitative estimate of drug-likeness (QED) is 0.224. The molecule has 2 aromatic heterocycles. The van der Waals surface area contributed by atoms with Gasteiger partial charge in [-0.05, 0) is 66.2 Å². The van der Waals surface area contributed by atoms with Gasteiger partial charge in [0, 0.05) is 25.3 Å². The molecule has 3 aromatic carbocycles. The van der Waals surface area contributed by atoms with Crippen molar-refractivity contribution in [3.05, 3.63) is 95.4 Å². The summed E-state index contributed by atoms with van der Waals surface area (Å²) in [4.78, 5) is 40.2. The smallest absolute Gasteiger partial charge is 0.332 e. The molecule has 10 nitrogen and oxygen atoms in total. The number of rotatable bonds is 7. The molecule has 0 atom stereocenters. The van der Waals surface area contributed by atoms with Gasteiger partial charge in [-0.15, -0.1) is 11.3 Å². The van der Waals surface area contributed by atoms with Gasteiger partial charge in [-0.25, -0.2) is 24.1 Å². The second-order valence-corrected chi connectivity index (χ2v) is 11.0. The fourth-order valence-electron chi connectivity index (χ4n) is 5.07. The van der Waals surface area contributed by atoms with Crippen LogP contribution in [-0.2, 0) is 11.3 Å². The van der Waals surface area contributed by atoms with Crippen LogP contribution in [0, 0.1) is 5.82 Å². The van der Waals surface area contributed by atoms with Crippen molar-refractivity contribution in [2.45, 2.75) is 6.54 Å². The van der Waals surface area contributed by atoms with E-state index in [0.717, 1.165) is 38.4 Å². The molecule has 5 aromatic rings. The third kappa shape index (κ3) is 5.50. The van der Waals surface area contributed by atoms with Gasteiger partial charge in [0.15, 0.2) is 5.82 Å². The summed E-state index contributed by atoms with van der Waals surface area (Å²) in [5.74, 6) is 0.682. The number of ether oxygens (including phenoxy) is 2. The third-order valence-corrected chi connectivity index (χ3v) is 8.28. The number of amides is 3. The Kier molecular flexibility index (Phi) is 7.15. The number of halogens is 1. The Morgan fingerprint density at radius 1 is 0.977 bits per heavy atom. The molecular weight excluding hydrogens is 571 g/mol. The number of carbonyl (C=O) groups excluding carboxylic acids is 2. The molecular formula is C31H25FN6O4S. The highest BCUT2D eigenvalue weighted by Crippen LogP contribution is 2.45. The minimum Gasteiger partial charge on any atom is -0.457 e. The highest BCUT2D eigenvalue weighted by atomic mass is 32.1. The van der Waals surface area contributed by atoms with Gasteiger partial charge >= 0.3 is 6.03 Å². The first-order chi connectivity index (χ1) is 21.0. The van der Waals surface area contributed by atoms with Crippen LogP contribution in [0.5, 0.6) is 11.5 Å². The highest BCUT2D eigenvalue weighted by Gasteiger charge is 2.34. The lowest BCUT2D eigenvalue weighted by atomic mass is 10.1. The molecule has 2 aliphatic rings. The maximum absolute atomic E-state index is 13.4. The van der Waals surface area contributed by atoms with E-state index in [2.05, 4.69) is 25.5 Å². The number of hydrogen-bond acceptors (Lipinski definition) is 8. The van der Waals surface area contributed by atoms with Gasteiger partial charge in [-0.3, -0.25) is 9.69 Å². The Balaban J connectivity index is 1.11. The van der Waals surface area contributed by atoms with Crippen LogP contribution in [0.2, 0.25) is 0 Å². The molecule has 0 unspecified atom stereocenters. The topological polar surface area (TPSA) is 109 Å². The van der Waals surface area contributed by atoms with Crippen molar-refractivity contribution in [2.24, 2.45) is 0 Å². The molecule has 0 spiro atoms. The lowest BCUT2D eigenvalue weighted by Gasteiger charge is -2.27. The molecule has 7 rings (SSSR count). The number of nitrogens with zero attached hydrogens (tertiary/aromatic N) is 4. The summed E-state index contributed by atoms with van der Waals surface area (Å²) in [5, 5.41) is 6.41. The molecule has 0 aliphatic carbocycles. The van der Waals surface area contributed by atoms with E-state index in [1.807, 2.05) is 24.3 Å². The summed E-state index contributed by atoms with van der Waals surface area (Å²) in [6.07, 6.45) is 1.38. The van der Waals surface area contributed by atoms with Gasteiger partial charge in [0.1, 0.15) is 33.4 Å². The number of carbonyl (C=O) groups is 2. The van der Waals surface area contributed by atoms with Gasteiger partial charge in [0.2, 0.25) is 0 Å². The average Bonchev–Trinajstić information content (AvgIpc) is 3.40. The van der Waals surface area contributed by atoms with Crippen molar-refractivity contribution in [1.82, 2.24) is 14.9 Å². The molecule has 3 amide bonds. The van der Waals surface area contributed by atoms with Crippen LogP contribution in [0.4, 0.5) is 32.1 Å². The molecule has 216 valence electrons. The number of anilines is 4. The van der Waals surface area contributed by atoms with Gasteiger partial charge in [0.25, 0.3) is 5.91 Å². The average molecular weight is 597 g/mol. The van der Waals surface area contributed by atoms with Gasteiger partial charge in [-0.1, -0.05) is 12.1 Å². The summed E-state index contributed by atoms with van der Waals surface area (Å²) in [5.41, 5.74) is 2.73. The Hall–Kier alpha value is -4.91. The maximum Gasteiger partial charge on any atom is 0.332 e. The van der Waals surface area contributed by atoms with Gasteiger partial charge in [-0.2, -0.15) is 0 Å².